The minimum atomic E-state index is -0.389. The predicted molar refractivity (Wildman–Crippen MR) is 72.1 cm³/mol. The molecule has 3 nitrogen and oxygen atoms in total. The second-order valence-electron chi connectivity index (χ2n) is 6.16. The first kappa shape index (κ1) is 13.9. The number of hydrogen-bond donors (Lipinski definition) is 1. The van der Waals surface area contributed by atoms with Crippen molar-refractivity contribution in [3.8, 4) is 0 Å². The van der Waals surface area contributed by atoms with Crippen LogP contribution in [0.3, 0.4) is 0 Å². The second kappa shape index (κ2) is 6.55. The molecule has 0 heterocycles. The van der Waals surface area contributed by atoms with Crippen LogP contribution in [0, 0.1) is 11.8 Å². The number of ether oxygens (including phenoxy) is 1. The topological polar surface area (TPSA) is 52.3 Å². The lowest BCUT2D eigenvalue weighted by molar-refractivity contribution is -0.156. The van der Waals surface area contributed by atoms with Crippen molar-refractivity contribution in [2.45, 2.75) is 76.9 Å². The van der Waals surface area contributed by atoms with E-state index in [1.807, 2.05) is 0 Å². The highest BCUT2D eigenvalue weighted by Crippen LogP contribution is 2.29. The predicted octanol–water partition coefficient (Wildman–Crippen LogP) is 3.02. The zero-order valence-corrected chi connectivity index (χ0v) is 11.6. The molecule has 2 saturated carbocycles. The van der Waals surface area contributed by atoms with Gasteiger partial charge in [0.25, 0.3) is 0 Å². The second-order valence-corrected chi connectivity index (χ2v) is 6.16. The molecule has 2 rings (SSSR count). The van der Waals surface area contributed by atoms with E-state index in [2.05, 4.69) is 6.92 Å². The van der Waals surface area contributed by atoms with Crippen molar-refractivity contribution in [1.82, 2.24) is 0 Å². The Morgan fingerprint density at radius 2 is 1.67 bits per heavy atom. The largest absolute Gasteiger partial charge is 0.461 e. The van der Waals surface area contributed by atoms with Crippen LogP contribution < -0.4 is 5.73 Å². The van der Waals surface area contributed by atoms with Crippen molar-refractivity contribution >= 4 is 5.97 Å². The summed E-state index contributed by atoms with van der Waals surface area (Å²) in [5.74, 6) is 0.701. The molecular formula is C15H27NO2. The van der Waals surface area contributed by atoms with Gasteiger partial charge in [0, 0.05) is 0 Å². The Bertz CT molecular complexity index is 274. The number of hydrogen-bond acceptors (Lipinski definition) is 3. The summed E-state index contributed by atoms with van der Waals surface area (Å²) in [6.07, 6.45) is 10.7. The van der Waals surface area contributed by atoms with E-state index in [-0.39, 0.29) is 18.1 Å². The summed E-state index contributed by atoms with van der Waals surface area (Å²) < 4.78 is 5.65. The van der Waals surface area contributed by atoms with Crippen molar-refractivity contribution in [2.24, 2.45) is 17.6 Å². The molecule has 3 atom stereocenters. The molecule has 3 heteroatoms. The summed E-state index contributed by atoms with van der Waals surface area (Å²) in [4.78, 5) is 12.1. The molecule has 2 N–H and O–H groups in total. The summed E-state index contributed by atoms with van der Waals surface area (Å²) in [6.45, 7) is 2.18. The Balaban J connectivity index is 1.82. The van der Waals surface area contributed by atoms with Crippen LogP contribution in [0.5, 0.6) is 0 Å². The Morgan fingerprint density at radius 3 is 2.33 bits per heavy atom. The monoisotopic (exact) mass is 253 g/mol. The summed E-state index contributed by atoms with van der Waals surface area (Å²) >= 11 is 0. The van der Waals surface area contributed by atoms with Crippen LogP contribution >= 0.6 is 0 Å². The molecule has 0 aromatic heterocycles. The number of nitrogens with two attached hydrogens (primary N) is 1. The third-order valence-corrected chi connectivity index (χ3v) is 4.73. The molecule has 3 unspecified atom stereocenters. The minimum Gasteiger partial charge on any atom is -0.461 e. The molecule has 2 aliphatic rings. The van der Waals surface area contributed by atoms with E-state index in [0.29, 0.717) is 11.8 Å². The lowest BCUT2D eigenvalue weighted by Gasteiger charge is -2.31. The van der Waals surface area contributed by atoms with Crippen LogP contribution in [0.25, 0.3) is 0 Å². The van der Waals surface area contributed by atoms with E-state index >= 15 is 0 Å². The van der Waals surface area contributed by atoms with Crippen LogP contribution in [-0.2, 0) is 9.53 Å². The van der Waals surface area contributed by atoms with Gasteiger partial charge in [0.15, 0.2) is 0 Å². The third kappa shape index (κ3) is 3.47. The molecule has 0 radical (unpaired) electrons. The summed E-state index contributed by atoms with van der Waals surface area (Å²) in [7, 11) is 0. The summed E-state index contributed by atoms with van der Waals surface area (Å²) in [6, 6.07) is -0.389. The standard InChI is InChI=1S/C15H27NO2/c1-11-7-5-6-10-13(11)18-15(17)14(16)12-8-3-2-4-9-12/h11-14H,2-10,16H2,1H3. The van der Waals surface area contributed by atoms with Crippen LogP contribution in [0.1, 0.15) is 64.7 Å². The molecule has 0 spiro atoms. The summed E-state index contributed by atoms with van der Waals surface area (Å²) in [5, 5.41) is 0. The Hall–Kier alpha value is -0.570. The van der Waals surface area contributed by atoms with Gasteiger partial charge in [-0.3, -0.25) is 4.79 Å². The Morgan fingerprint density at radius 1 is 1.06 bits per heavy atom. The average Bonchev–Trinajstić information content (AvgIpc) is 2.41. The summed E-state index contributed by atoms with van der Waals surface area (Å²) in [5.41, 5.74) is 6.08. The maximum atomic E-state index is 12.1. The molecule has 0 aromatic carbocycles. The molecule has 104 valence electrons. The van der Waals surface area contributed by atoms with Crippen LogP contribution in [0.2, 0.25) is 0 Å². The van der Waals surface area contributed by atoms with Crippen molar-refractivity contribution in [3.05, 3.63) is 0 Å². The zero-order chi connectivity index (χ0) is 13.0. The molecule has 2 fully saturated rings. The van der Waals surface area contributed by atoms with Gasteiger partial charge < -0.3 is 10.5 Å². The normalized spacial score (nSPS) is 31.9. The van der Waals surface area contributed by atoms with Gasteiger partial charge in [-0.1, -0.05) is 32.6 Å². The highest BCUT2D eigenvalue weighted by Gasteiger charge is 2.31. The molecule has 2 aliphatic carbocycles. The van der Waals surface area contributed by atoms with Crippen LogP contribution in [-0.4, -0.2) is 18.1 Å². The quantitative estimate of drug-likeness (QED) is 0.787. The van der Waals surface area contributed by atoms with Crippen molar-refractivity contribution in [1.29, 1.82) is 0 Å². The molecule has 0 aliphatic heterocycles. The van der Waals surface area contributed by atoms with E-state index in [0.717, 1.165) is 19.3 Å². The number of carbonyl (C=O) groups excluding carboxylic acids is 1. The highest BCUT2D eigenvalue weighted by atomic mass is 16.5. The zero-order valence-electron chi connectivity index (χ0n) is 11.6. The smallest absolute Gasteiger partial charge is 0.323 e. The van der Waals surface area contributed by atoms with Gasteiger partial charge in [-0.15, -0.1) is 0 Å². The maximum absolute atomic E-state index is 12.1. The Kier molecular flexibility index (Phi) is 5.04. The van der Waals surface area contributed by atoms with Crippen molar-refractivity contribution < 1.29 is 9.53 Å². The van der Waals surface area contributed by atoms with Gasteiger partial charge in [-0.2, -0.15) is 0 Å². The van der Waals surface area contributed by atoms with Crippen LogP contribution in [0.15, 0.2) is 0 Å². The van der Waals surface area contributed by atoms with Gasteiger partial charge in [0.1, 0.15) is 12.1 Å². The first-order chi connectivity index (χ1) is 8.68. The first-order valence-corrected chi connectivity index (χ1v) is 7.64. The molecule has 18 heavy (non-hydrogen) atoms. The van der Waals surface area contributed by atoms with Gasteiger partial charge in [-0.05, 0) is 43.9 Å². The van der Waals surface area contributed by atoms with E-state index < -0.39 is 0 Å². The molecular weight excluding hydrogens is 226 g/mol. The number of rotatable bonds is 3. The minimum absolute atomic E-state index is 0.112. The van der Waals surface area contributed by atoms with Gasteiger partial charge >= 0.3 is 5.97 Å². The molecule has 0 aromatic rings. The fraction of sp³-hybridized carbons (Fsp3) is 0.933. The third-order valence-electron chi connectivity index (χ3n) is 4.73. The SMILES string of the molecule is CC1CCCCC1OC(=O)C(N)C1CCCCC1. The molecule has 0 bridgehead atoms. The van der Waals surface area contributed by atoms with Gasteiger partial charge in [0.05, 0.1) is 0 Å². The van der Waals surface area contributed by atoms with E-state index in [1.54, 1.807) is 0 Å². The number of esters is 1. The maximum Gasteiger partial charge on any atom is 0.323 e. The van der Waals surface area contributed by atoms with E-state index in [9.17, 15) is 4.79 Å². The van der Waals surface area contributed by atoms with Gasteiger partial charge in [-0.25, -0.2) is 0 Å². The fourth-order valence-corrected chi connectivity index (χ4v) is 3.37. The van der Waals surface area contributed by atoms with Gasteiger partial charge in [0.2, 0.25) is 0 Å². The average molecular weight is 253 g/mol. The molecule has 0 saturated heterocycles. The van der Waals surface area contributed by atoms with Crippen molar-refractivity contribution in [3.63, 3.8) is 0 Å². The molecule has 0 amide bonds. The van der Waals surface area contributed by atoms with Crippen molar-refractivity contribution in [2.75, 3.05) is 0 Å². The highest BCUT2D eigenvalue weighted by molar-refractivity contribution is 5.76. The van der Waals surface area contributed by atoms with E-state index in [4.69, 9.17) is 10.5 Å². The Labute approximate surface area is 110 Å². The van der Waals surface area contributed by atoms with Crippen LogP contribution in [0.4, 0.5) is 0 Å². The first-order valence-electron chi connectivity index (χ1n) is 7.64. The fourth-order valence-electron chi connectivity index (χ4n) is 3.37. The number of carbonyl (C=O) groups is 1. The lowest BCUT2D eigenvalue weighted by atomic mass is 9.84. The van der Waals surface area contributed by atoms with E-state index in [1.165, 1.54) is 38.5 Å². The lowest BCUT2D eigenvalue weighted by Crippen LogP contribution is -2.43.